The molecule has 51 nitrogen and oxygen atoms in total. The van der Waals surface area contributed by atoms with E-state index in [4.69, 9.17) is 90.0 Å². The van der Waals surface area contributed by atoms with Gasteiger partial charge in [-0.25, -0.2) is 0 Å². The van der Waals surface area contributed by atoms with Crippen LogP contribution < -0.4 is 0 Å². The van der Waals surface area contributed by atoms with Crippen LogP contribution >= 0.6 is 0 Å². The minimum Gasteiger partial charge on any atom is -0.394 e. The zero-order chi connectivity index (χ0) is 81.4. The number of ether oxygens (including phenoxy) is 19. The molecule has 0 aromatic heterocycles. The van der Waals surface area contributed by atoms with Crippen molar-refractivity contribution in [3.05, 3.63) is 0 Å². The molecule has 0 aromatic carbocycles. The summed E-state index contributed by atoms with van der Waals surface area (Å²) in [6, 6.07) is 0. The van der Waals surface area contributed by atoms with Crippen LogP contribution in [0.2, 0.25) is 0 Å². The molecule has 51 heteroatoms. The minimum atomic E-state index is -2.14. The Morgan fingerprint density at radius 1 is 0.135 bits per heavy atom. The largest absolute Gasteiger partial charge is 0.394 e. The summed E-state index contributed by atoms with van der Waals surface area (Å²) in [6.07, 6.45) is -96.1. The topological polar surface area (TPSA) is 823 Å². The molecular weight excluding hydrogens is 1540 g/mol. The number of aliphatic hydroxyl groups excluding tert-OH is 32. The van der Waals surface area contributed by atoms with Gasteiger partial charge in [-0.3, -0.25) is 0 Å². The first-order chi connectivity index (χ1) is 52.4. The maximum absolute atomic E-state index is 11.0. The molecule has 648 valence electrons. The van der Waals surface area contributed by atoms with E-state index in [1.807, 2.05) is 0 Å². The summed E-state index contributed by atoms with van der Waals surface area (Å²) in [4.78, 5) is 0. The molecule has 0 radical (unpaired) electrons. The third-order valence-corrected chi connectivity index (χ3v) is 20.7. The van der Waals surface area contributed by atoms with Crippen LogP contribution in [0.4, 0.5) is 0 Å². The van der Waals surface area contributed by atoms with Crippen molar-refractivity contribution < 1.29 is 253 Å². The molecule has 0 spiro atoms. The van der Waals surface area contributed by atoms with Crippen molar-refractivity contribution in [2.24, 2.45) is 0 Å². The van der Waals surface area contributed by atoms with Gasteiger partial charge in [0.15, 0.2) is 62.9 Å². The lowest BCUT2D eigenvalue weighted by atomic mass is 9.97. The summed E-state index contributed by atoms with van der Waals surface area (Å²) in [5, 5.41) is 340. The standard InChI is InChI=1S/C60H102O51/c61-1-11-21(62)32(73)42(83)52(103-11)94-3-13-23(64)34(75)44(85)54(105-13)96-5-15-25(66)36(77)46(87)56(107-15)98-7-17-27(68)38(79)48(89)58(109-17)100-9-19-29(70)40(81)50(91)60(111-19)101-10-20-30(71)39(80)49(90)59(110-20)99-8-18-28(69)37(78)47(88)57(108-18)97-6-16-26(67)35(76)45(86)55(106-16)95-4-14-24(65)33(74)43(84)53(104-14)93-2-12-22(63)31(72)41(82)51(92)102-12/h11-92H,1-10H2/t11-,12-,13-,14-,15-,16-,17-,18-,19-,20-,21-,22-,23-,24-,25-,26-,27-,28-,29-,30-,31+,32+,33+,34+,35+,36+,37+,38+,39+,40+,41-,42-,43-,44-,45-,46-,47-,48-,49-,50-,51?,52-,53-,54-,55-,56-,57-,58-,59-,60-/m1/s1. The first kappa shape index (κ1) is 91.3. The highest BCUT2D eigenvalue weighted by molar-refractivity contribution is 5.00. The molecule has 32 N–H and O–H groups in total. The predicted molar refractivity (Wildman–Crippen MR) is 330 cm³/mol. The fourth-order valence-corrected chi connectivity index (χ4v) is 13.5. The summed E-state index contributed by atoms with van der Waals surface area (Å²) in [5.41, 5.74) is 0. The smallest absolute Gasteiger partial charge is 0.186 e. The minimum absolute atomic E-state index is 0.738. The summed E-state index contributed by atoms with van der Waals surface area (Å²) in [6.45, 7) is -8.49. The van der Waals surface area contributed by atoms with Gasteiger partial charge < -0.3 is 253 Å². The molecule has 10 aliphatic rings. The highest BCUT2D eigenvalue weighted by Crippen LogP contribution is 2.35. The van der Waals surface area contributed by atoms with E-state index < -0.39 is 373 Å². The molecule has 10 heterocycles. The van der Waals surface area contributed by atoms with E-state index in [1.165, 1.54) is 0 Å². The Kier molecular flexibility index (Phi) is 32.4. The predicted octanol–water partition coefficient (Wildman–Crippen LogP) is -22.8. The van der Waals surface area contributed by atoms with Gasteiger partial charge in [0, 0.05) is 0 Å². The summed E-state index contributed by atoms with van der Waals surface area (Å²) in [5.74, 6) is 0. The fourth-order valence-electron chi connectivity index (χ4n) is 13.5. The van der Waals surface area contributed by atoms with Crippen molar-refractivity contribution in [1.82, 2.24) is 0 Å². The van der Waals surface area contributed by atoms with Crippen LogP contribution in [0.1, 0.15) is 0 Å². The van der Waals surface area contributed by atoms with Gasteiger partial charge in [0.2, 0.25) is 0 Å². The van der Waals surface area contributed by atoms with E-state index in [0.29, 0.717) is 0 Å². The summed E-state index contributed by atoms with van der Waals surface area (Å²) >= 11 is 0. The monoisotopic (exact) mass is 1640 g/mol. The highest BCUT2D eigenvalue weighted by Gasteiger charge is 2.56. The summed E-state index contributed by atoms with van der Waals surface area (Å²) in [7, 11) is 0. The highest BCUT2D eigenvalue weighted by atomic mass is 16.8. The van der Waals surface area contributed by atoms with Gasteiger partial charge in [-0.05, 0) is 0 Å². The first-order valence-corrected chi connectivity index (χ1v) is 35.2. The molecule has 0 saturated carbocycles. The maximum atomic E-state index is 11.0. The zero-order valence-electron chi connectivity index (χ0n) is 58.0. The molecule has 10 rings (SSSR count). The van der Waals surface area contributed by atoms with Crippen LogP contribution in [0.15, 0.2) is 0 Å². The van der Waals surface area contributed by atoms with Crippen molar-refractivity contribution in [2.75, 3.05) is 66.1 Å². The molecule has 111 heavy (non-hydrogen) atoms. The average molecular weight is 1640 g/mol. The number of hydrogen-bond donors (Lipinski definition) is 32. The fraction of sp³-hybridized carbons (Fsp3) is 1.00. The molecule has 10 fully saturated rings. The van der Waals surface area contributed by atoms with Gasteiger partial charge in [0.25, 0.3) is 0 Å². The van der Waals surface area contributed by atoms with Crippen LogP contribution in [-0.2, 0) is 90.0 Å². The lowest BCUT2D eigenvalue weighted by Crippen LogP contribution is -2.64. The Morgan fingerprint density at radius 3 is 0.396 bits per heavy atom. The normalized spacial score (nSPS) is 53.7. The molecule has 50 atom stereocenters. The Bertz CT molecular complexity index is 2770. The molecule has 0 amide bonds. The first-order valence-electron chi connectivity index (χ1n) is 35.2. The van der Waals surface area contributed by atoms with Gasteiger partial charge in [0.05, 0.1) is 66.1 Å². The van der Waals surface area contributed by atoms with E-state index >= 15 is 0 Å². The third-order valence-electron chi connectivity index (χ3n) is 20.7. The van der Waals surface area contributed by atoms with Crippen molar-refractivity contribution in [2.45, 2.75) is 307 Å². The van der Waals surface area contributed by atoms with E-state index in [9.17, 15) is 163 Å². The SMILES string of the molecule is OC[C@H]1O[C@@H](OC[C@H]2O[C@@H](OC[C@H]3O[C@@H](OC[C@H]4O[C@@H](OC[C@H]5O[C@@H](OC[C@H]6O[C@@H](OC[C@H]7O[C@@H](OC[C@H]8O[C@@H](OC[C@H]9O[C@@H](OC[C@H]%10OC(O)[C@H](O)[C@@H](O)[C@@H]%10O)[C@H](O)[C@@H](O)[C@@H]9O)[C@H](O)[C@@H](O)[C@@H]8O)[C@H](O)[C@@H](O)[C@@H]7O)[C@H](O)[C@@H](O)[C@@H]6O)[C@H](O)[C@@H](O)[C@@H]5O)[C@H](O)[C@@H](O)[C@@H]4O)[C@H](O)[C@@H](O)[C@@H]3O)[C@H](O)[C@@H](O)[C@@H]2O)[C@H](O)[C@@H](O)[C@@H]1O. The Balaban J connectivity index is 0.678. The molecule has 0 aliphatic carbocycles. The molecule has 1 unspecified atom stereocenters. The van der Waals surface area contributed by atoms with E-state index in [2.05, 4.69) is 0 Å². The van der Waals surface area contributed by atoms with Crippen LogP contribution in [0.3, 0.4) is 0 Å². The Labute approximate surface area is 625 Å². The molecule has 10 saturated heterocycles. The van der Waals surface area contributed by atoms with Gasteiger partial charge in [-0.1, -0.05) is 0 Å². The second-order valence-electron chi connectivity index (χ2n) is 28.4. The van der Waals surface area contributed by atoms with E-state index in [1.54, 1.807) is 0 Å². The lowest BCUT2D eigenvalue weighted by Gasteiger charge is -2.45. The third kappa shape index (κ3) is 20.2. The van der Waals surface area contributed by atoms with E-state index in [0.717, 1.165) is 0 Å². The Hall–Kier alpha value is -2.04. The summed E-state index contributed by atoms with van der Waals surface area (Å²) < 4.78 is 105. The average Bonchev–Trinajstić information content (AvgIpc) is 0.802. The molecule has 10 aliphatic heterocycles. The second kappa shape index (κ2) is 39.4. The van der Waals surface area contributed by atoms with Gasteiger partial charge in [-0.2, -0.15) is 0 Å². The van der Waals surface area contributed by atoms with Crippen LogP contribution in [-0.4, -0.2) is 537 Å². The quantitative estimate of drug-likeness (QED) is 0.0346. The van der Waals surface area contributed by atoms with Crippen molar-refractivity contribution >= 4 is 0 Å². The lowest BCUT2D eigenvalue weighted by molar-refractivity contribution is -0.355. The zero-order valence-corrected chi connectivity index (χ0v) is 58.0. The molecular formula is C60H102O51. The molecule has 0 bridgehead atoms. The van der Waals surface area contributed by atoms with Crippen LogP contribution in [0, 0.1) is 0 Å². The molecule has 0 aromatic rings. The number of aliphatic hydroxyl groups is 32. The number of rotatable bonds is 28. The Morgan fingerprint density at radius 2 is 0.252 bits per heavy atom. The van der Waals surface area contributed by atoms with Crippen molar-refractivity contribution in [1.29, 1.82) is 0 Å². The van der Waals surface area contributed by atoms with E-state index in [-0.39, 0.29) is 0 Å². The number of hydrogen-bond acceptors (Lipinski definition) is 51. The second-order valence-corrected chi connectivity index (χ2v) is 28.4. The van der Waals surface area contributed by atoms with Crippen LogP contribution in [0.5, 0.6) is 0 Å². The van der Waals surface area contributed by atoms with Crippen LogP contribution in [0.25, 0.3) is 0 Å². The van der Waals surface area contributed by atoms with Crippen molar-refractivity contribution in [3.8, 4) is 0 Å². The van der Waals surface area contributed by atoms with Crippen molar-refractivity contribution in [3.63, 3.8) is 0 Å². The maximum Gasteiger partial charge on any atom is 0.186 e. The van der Waals surface area contributed by atoms with Gasteiger partial charge in [-0.15, -0.1) is 0 Å². The van der Waals surface area contributed by atoms with Gasteiger partial charge >= 0.3 is 0 Å². The van der Waals surface area contributed by atoms with Gasteiger partial charge in [0.1, 0.15) is 244 Å².